The van der Waals surface area contributed by atoms with E-state index >= 15 is 0 Å². The highest BCUT2D eigenvalue weighted by molar-refractivity contribution is 6.00. The van der Waals surface area contributed by atoms with Crippen molar-refractivity contribution in [3.8, 4) is 78.7 Å². The highest BCUT2D eigenvalue weighted by Crippen LogP contribution is 2.36. The van der Waals surface area contributed by atoms with Crippen LogP contribution in [0, 0.1) is 0 Å². The van der Waals surface area contributed by atoms with E-state index in [1.807, 2.05) is 6.07 Å². The molecule has 0 bridgehead atoms. The lowest BCUT2D eigenvalue weighted by atomic mass is 9.94. The molecule has 0 saturated heterocycles. The quantitative estimate of drug-likeness (QED) is 0.162. The van der Waals surface area contributed by atoms with E-state index in [-0.39, 0.29) is 0 Å². The van der Waals surface area contributed by atoms with Gasteiger partial charge in [0.05, 0.1) is 0 Å². The first-order valence-corrected chi connectivity index (χ1v) is 20.3. The van der Waals surface area contributed by atoms with Crippen molar-refractivity contribution in [1.29, 1.82) is 0 Å². The molecule has 0 fully saturated rings. The third-order valence-electron chi connectivity index (χ3n) is 11.5. The Kier molecular flexibility index (Phi) is 8.83. The van der Waals surface area contributed by atoms with Crippen LogP contribution in [0.1, 0.15) is 0 Å². The Morgan fingerprint density at radius 2 is 0.617 bits per heavy atom. The molecule has 0 aliphatic heterocycles. The Morgan fingerprint density at radius 3 is 1.33 bits per heavy atom. The number of aromatic nitrogens is 3. The molecule has 1 heterocycles. The zero-order valence-electron chi connectivity index (χ0n) is 32.7. The smallest absolute Gasteiger partial charge is 0.164 e. The molecule has 11 aromatic rings. The lowest BCUT2D eigenvalue weighted by molar-refractivity contribution is 1.07. The second-order valence-electron chi connectivity index (χ2n) is 15.2. The molecule has 3 heteroatoms. The molecular formula is C57H37N3. The van der Waals surface area contributed by atoms with Gasteiger partial charge in [-0.3, -0.25) is 0 Å². The average Bonchev–Trinajstić information content (AvgIpc) is 3.33. The van der Waals surface area contributed by atoms with Gasteiger partial charge in [-0.2, -0.15) is 0 Å². The maximum atomic E-state index is 5.21. The van der Waals surface area contributed by atoms with Crippen LogP contribution in [0.5, 0.6) is 0 Å². The van der Waals surface area contributed by atoms with E-state index < -0.39 is 0 Å². The Labute approximate surface area is 349 Å². The van der Waals surface area contributed by atoms with Gasteiger partial charge >= 0.3 is 0 Å². The van der Waals surface area contributed by atoms with E-state index in [2.05, 4.69) is 218 Å². The first kappa shape index (κ1) is 35.2. The van der Waals surface area contributed by atoms with Crippen molar-refractivity contribution in [2.45, 2.75) is 0 Å². The fourth-order valence-electron chi connectivity index (χ4n) is 8.49. The third-order valence-corrected chi connectivity index (χ3v) is 11.5. The predicted molar refractivity (Wildman–Crippen MR) is 250 cm³/mol. The number of nitrogens with zero attached hydrogens (tertiary/aromatic N) is 3. The second-order valence-corrected chi connectivity index (χ2v) is 15.2. The zero-order chi connectivity index (χ0) is 39.8. The third kappa shape index (κ3) is 6.58. The molecule has 0 unspecified atom stereocenters. The molecule has 0 saturated carbocycles. The molecular weight excluding hydrogens is 727 g/mol. The summed E-state index contributed by atoms with van der Waals surface area (Å²) in [6.45, 7) is 0. The molecule has 3 nitrogen and oxygen atoms in total. The lowest BCUT2D eigenvalue weighted by Gasteiger charge is -2.13. The maximum Gasteiger partial charge on any atom is 0.164 e. The van der Waals surface area contributed by atoms with Crippen LogP contribution in [0.15, 0.2) is 224 Å². The van der Waals surface area contributed by atoms with Crippen molar-refractivity contribution < 1.29 is 0 Å². The van der Waals surface area contributed by atoms with E-state index in [9.17, 15) is 0 Å². The maximum absolute atomic E-state index is 5.21. The predicted octanol–water partition coefficient (Wildman–Crippen LogP) is 15.0. The van der Waals surface area contributed by atoms with Crippen LogP contribution in [0.25, 0.3) is 111 Å². The van der Waals surface area contributed by atoms with E-state index in [0.29, 0.717) is 17.5 Å². The Morgan fingerprint density at radius 1 is 0.200 bits per heavy atom. The van der Waals surface area contributed by atoms with Crippen LogP contribution in [0.4, 0.5) is 0 Å². The number of hydrogen-bond acceptors (Lipinski definition) is 3. The van der Waals surface area contributed by atoms with E-state index in [0.717, 1.165) is 44.5 Å². The van der Waals surface area contributed by atoms with E-state index in [4.69, 9.17) is 15.0 Å². The molecule has 0 N–H and O–H groups in total. The van der Waals surface area contributed by atoms with Crippen LogP contribution < -0.4 is 0 Å². The molecule has 0 radical (unpaired) electrons. The summed E-state index contributed by atoms with van der Waals surface area (Å²) in [6, 6.07) is 79.5. The minimum Gasteiger partial charge on any atom is -0.208 e. The molecule has 0 spiro atoms. The van der Waals surface area contributed by atoms with Crippen LogP contribution in [0.3, 0.4) is 0 Å². The van der Waals surface area contributed by atoms with Crippen LogP contribution in [0.2, 0.25) is 0 Å². The van der Waals surface area contributed by atoms with Gasteiger partial charge in [-0.25, -0.2) is 15.0 Å². The number of rotatable bonds is 7. The zero-order valence-corrected chi connectivity index (χ0v) is 32.7. The first-order valence-electron chi connectivity index (χ1n) is 20.3. The summed E-state index contributed by atoms with van der Waals surface area (Å²) < 4.78 is 0. The van der Waals surface area contributed by atoms with Crippen LogP contribution >= 0.6 is 0 Å². The largest absolute Gasteiger partial charge is 0.208 e. The summed E-state index contributed by atoms with van der Waals surface area (Å²) >= 11 is 0. The Balaban J connectivity index is 0.995. The van der Waals surface area contributed by atoms with Gasteiger partial charge in [-0.15, -0.1) is 0 Å². The lowest BCUT2D eigenvalue weighted by Crippen LogP contribution is -2.01. The van der Waals surface area contributed by atoms with Gasteiger partial charge in [0, 0.05) is 16.7 Å². The Bertz CT molecular complexity index is 3360. The molecule has 1 aromatic heterocycles. The second kappa shape index (κ2) is 15.1. The minimum atomic E-state index is 0.623. The van der Waals surface area contributed by atoms with Crippen molar-refractivity contribution in [3.05, 3.63) is 224 Å². The van der Waals surface area contributed by atoms with Crippen molar-refractivity contribution in [2.75, 3.05) is 0 Å². The van der Waals surface area contributed by atoms with Gasteiger partial charge in [0.2, 0.25) is 0 Å². The molecule has 0 atom stereocenters. The van der Waals surface area contributed by atoms with Gasteiger partial charge in [-0.05, 0) is 95.0 Å². The topological polar surface area (TPSA) is 38.7 Å². The van der Waals surface area contributed by atoms with Gasteiger partial charge in [0.1, 0.15) is 0 Å². The van der Waals surface area contributed by atoms with Crippen LogP contribution in [-0.4, -0.2) is 15.0 Å². The number of fused-ring (bicyclic) bond motifs is 3. The van der Waals surface area contributed by atoms with Crippen molar-refractivity contribution in [2.24, 2.45) is 0 Å². The van der Waals surface area contributed by atoms with Crippen LogP contribution in [-0.2, 0) is 0 Å². The monoisotopic (exact) mass is 763 g/mol. The highest BCUT2D eigenvalue weighted by Gasteiger charge is 2.17. The first-order chi connectivity index (χ1) is 29.7. The highest BCUT2D eigenvalue weighted by atomic mass is 15.0. The summed E-state index contributed by atoms with van der Waals surface area (Å²) in [5, 5.41) is 7.36. The molecule has 60 heavy (non-hydrogen) atoms. The van der Waals surface area contributed by atoms with Crippen molar-refractivity contribution in [3.63, 3.8) is 0 Å². The van der Waals surface area contributed by atoms with Gasteiger partial charge in [0.15, 0.2) is 17.5 Å². The van der Waals surface area contributed by atoms with Gasteiger partial charge < -0.3 is 0 Å². The summed E-state index contributed by atoms with van der Waals surface area (Å²) in [5.41, 5.74) is 12.0. The summed E-state index contributed by atoms with van der Waals surface area (Å²) in [7, 11) is 0. The SMILES string of the molecule is c1ccc(-c2ccccc2-c2nc(-c3ccc(-c4cccc5ccccc45)cc3)nc(-c3cccc(-c4ccc5cc(-c6cccc7ccccc67)ccc5c4)c3)n2)cc1. The van der Waals surface area contributed by atoms with Crippen molar-refractivity contribution >= 4 is 32.3 Å². The van der Waals surface area contributed by atoms with E-state index in [1.54, 1.807) is 0 Å². The average molecular weight is 764 g/mol. The molecule has 0 aliphatic carbocycles. The summed E-state index contributed by atoms with van der Waals surface area (Å²) in [4.78, 5) is 15.6. The molecule has 0 aliphatic rings. The van der Waals surface area contributed by atoms with Crippen molar-refractivity contribution in [1.82, 2.24) is 15.0 Å². The molecule has 280 valence electrons. The number of benzene rings is 10. The molecule has 11 rings (SSSR count). The molecule has 10 aromatic carbocycles. The number of hydrogen-bond donors (Lipinski definition) is 0. The fraction of sp³-hybridized carbons (Fsp3) is 0. The van der Waals surface area contributed by atoms with Gasteiger partial charge in [0.25, 0.3) is 0 Å². The standard InChI is InChI=1S/C57H37N3/c1-2-13-38(14-3-1)52-23-8-9-24-54(52)57-59-55(42-29-27-41(28-30-42)51-25-11-17-39-15-4-6-21-49(39)51)58-56(60-57)48-20-10-19-43(37-48)44-31-32-46-36-47(34-33-45(46)35-44)53-26-12-18-40-16-5-7-22-50(40)53/h1-37H. The summed E-state index contributed by atoms with van der Waals surface area (Å²) in [6.07, 6.45) is 0. The summed E-state index contributed by atoms with van der Waals surface area (Å²) in [5.74, 6) is 1.88. The molecule has 0 amide bonds. The normalized spacial score (nSPS) is 11.3. The fourth-order valence-corrected chi connectivity index (χ4v) is 8.49. The minimum absolute atomic E-state index is 0.623. The Hall–Kier alpha value is -8.01. The van der Waals surface area contributed by atoms with Gasteiger partial charge in [-0.1, -0.05) is 206 Å². The van der Waals surface area contributed by atoms with E-state index in [1.165, 1.54) is 49.0 Å².